The van der Waals surface area contributed by atoms with E-state index in [2.05, 4.69) is 179 Å². The minimum absolute atomic E-state index is 0.456. The lowest BCUT2D eigenvalue weighted by molar-refractivity contribution is 0.769. The number of fused-ring (bicyclic) bond motifs is 6. The fraction of sp³-hybridized carbons (Fsp3) is 0.0213. The number of benzene rings is 6. The molecule has 1 aliphatic carbocycles. The normalized spacial score (nSPS) is 13.0. The molecule has 0 aliphatic heterocycles. The molecule has 3 heteroatoms. The molecule has 1 aliphatic rings. The largest absolute Gasteiger partial charge is 0.300 e. The van der Waals surface area contributed by atoms with Gasteiger partial charge >= 0.3 is 0 Å². The van der Waals surface area contributed by atoms with Crippen LogP contribution < -0.4 is 0 Å². The molecule has 234 valence electrons. The first-order chi connectivity index (χ1) is 24.8. The highest BCUT2D eigenvalue weighted by Gasteiger charge is 2.46. The Kier molecular flexibility index (Phi) is 6.40. The van der Waals surface area contributed by atoms with Crippen LogP contribution in [0.1, 0.15) is 22.3 Å². The summed E-state index contributed by atoms with van der Waals surface area (Å²) in [5, 5.41) is 0. The number of nitrogens with zero attached hydrogens (tertiary/aromatic N) is 3. The molecule has 0 fully saturated rings. The number of rotatable bonds is 5. The minimum Gasteiger partial charge on any atom is -0.300 e. The maximum atomic E-state index is 5.15. The van der Waals surface area contributed by atoms with Gasteiger partial charge in [-0.25, -0.2) is 4.98 Å². The van der Waals surface area contributed by atoms with Crippen molar-refractivity contribution in [1.82, 2.24) is 14.4 Å². The third-order valence-corrected chi connectivity index (χ3v) is 10.4. The first-order valence-electron chi connectivity index (χ1n) is 17.1. The van der Waals surface area contributed by atoms with E-state index in [4.69, 9.17) is 4.98 Å². The van der Waals surface area contributed by atoms with Crippen molar-refractivity contribution in [3.05, 3.63) is 211 Å². The van der Waals surface area contributed by atoms with Gasteiger partial charge in [0.15, 0.2) is 0 Å². The monoisotopic (exact) mass is 637 g/mol. The summed E-state index contributed by atoms with van der Waals surface area (Å²) in [5.41, 5.74) is 17.1. The Labute approximate surface area is 290 Å². The van der Waals surface area contributed by atoms with Gasteiger partial charge in [0.25, 0.3) is 0 Å². The van der Waals surface area contributed by atoms with Crippen molar-refractivity contribution in [3.63, 3.8) is 0 Å². The van der Waals surface area contributed by atoms with Crippen LogP contribution in [0, 0.1) is 0 Å². The maximum absolute atomic E-state index is 5.15. The van der Waals surface area contributed by atoms with Crippen LogP contribution >= 0.6 is 0 Å². The molecular formula is C47H31N3. The molecule has 0 unspecified atom stereocenters. The predicted molar refractivity (Wildman–Crippen MR) is 204 cm³/mol. The van der Waals surface area contributed by atoms with Gasteiger partial charge in [-0.15, -0.1) is 0 Å². The van der Waals surface area contributed by atoms with Crippen molar-refractivity contribution in [2.24, 2.45) is 0 Å². The van der Waals surface area contributed by atoms with Crippen molar-refractivity contribution >= 4 is 16.7 Å². The van der Waals surface area contributed by atoms with E-state index in [1.807, 2.05) is 18.5 Å². The highest BCUT2D eigenvalue weighted by molar-refractivity contribution is 5.99. The van der Waals surface area contributed by atoms with E-state index in [9.17, 15) is 0 Å². The Morgan fingerprint density at radius 1 is 0.440 bits per heavy atom. The van der Waals surface area contributed by atoms with E-state index in [0.717, 1.165) is 44.5 Å². The first-order valence-corrected chi connectivity index (χ1v) is 17.1. The summed E-state index contributed by atoms with van der Waals surface area (Å²) in [6, 6.07) is 61.7. The van der Waals surface area contributed by atoms with Gasteiger partial charge < -0.3 is 0 Å². The molecule has 9 aromatic rings. The first kappa shape index (κ1) is 28.4. The molecule has 3 heterocycles. The quantitative estimate of drug-likeness (QED) is 0.188. The highest BCUT2D eigenvalue weighted by Crippen LogP contribution is 2.56. The highest BCUT2D eigenvalue weighted by atomic mass is 15.0. The van der Waals surface area contributed by atoms with Crippen LogP contribution in [-0.2, 0) is 5.41 Å². The van der Waals surface area contributed by atoms with Crippen LogP contribution in [0.15, 0.2) is 188 Å². The van der Waals surface area contributed by atoms with Gasteiger partial charge in [0.1, 0.15) is 5.65 Å². The fourth-order valence-corrected chi connectivity index (χ4v) is 8.15. The van der Waals surface area contributed by atoms with E-state index in [1.165, 1.54) is 38.9 Å². The zero-order valence-corrected chi connectivity index (χ0v) is 27.2. The fourth-order valence-electron chi connectivity index (χ4n) is 8.15. The van der Waals surface area contributed by atoms with Crippen molar-refractivity contribution in [1.29, 1.82) is 0 Å². The smallest absolute Gasteiger partial charge is 0.137 e. The van der Waals surface area contributed by atoms with E-state index in [1.54, 1.807) is 0 Å². The topological polar surface area (TPSA) is 30.2 Å². The van der Waals surface area contributed by atoms with Crippen LogP contribution in [0.4, 0.5) is 0 Å². The second-order valence-corrected chi connectivity index (χ2v) is 13.0. The molecule has 0 N–H and O–H groups in total. The summed E-state index contributed by atoms with van der Waals surface area (Å²) in [5.74, 6) is 0. The van der Waals surface area contributed by atoms with Gasteiger partial charge in [-0.05, 0) is 97.6 Å². The van der Waals surface area contributed by atoms with Crippen molar-refractivity contribution in [3.8, 4) is 44.5 Å². The van der Waals surface area contributed by atoms with Crippen LogP contribution in [0.2, 0.25) is 0 Å². The van der Waals surface area contributed by atoms with Crippen molar-refractivity contribution < 1.29 is 0 Å². The zero-order valence-electron chi connectivity index (χ0n) is 27.2. The maximum Gasteiger partial charge on any atom is 0.137 e. The summed E-state index contributed by atoms with van der Waals surface area (Å²) >= 11 is 0. The average molecular weight is 638 g/mol. The second-order valence-electron chi connectivity index (χ2n) is 13.0. The zero-order chi connectivity index (χ0) is 33.1. The molecular weight excluding hydrogens is 607 g/mol. The molecule has 50 heavy (non-hydrogen) atoms. The molecule has 0 saturated heterocycles. The van der Waals surface area contributed by atoms with Crippen LogP contribution in [0.3, 0.4) is 0 Å². The molecule has 3 nitrogen and oxygen atoms in total. The van der Waals surface area contributed by atoms with Gasteiger partial charge in [-0.1, -0.05) is 133 Å². The Hall–Kier alpha value is -6.58. The molecule has 0 saturated carbocycles. The van der Waals surface area contributed by atoms with Crippen LogP contribution in [0.5, 0.6) is 0 Å². The van der Waals surface area contributed by atoms with Gasteiger partial charge in [0.2, 0.25) is 0 Å². The molecule has 3 aromatic heterocycles. The van der Waals surface area contributed by atoms with Gasteiger partial charge in [0.05, 0.1) is 16.4 Å². The van der Waals surface area contributed by atoms with Crippen LogP contribution in [0.25, 0.3) is 61.2 Å². The lowest BCUT2D eigenvalue weighted by Crippen LogP contribution is -2.28. The number of pyridine rings is 2. The molecule has 0 radical (unpaired) electrons. The summed E-state index contributed by atoms with van der Waals surface area (Å²) < 4.78 is 2.20. The lowest BCUT2D eigenvalue weighted by Gasteiger charge is -2.34. The Balaban J connectivity index is 1.22. The average Bonchev–Trinajstić information content (AvgIpc) is 3.72. The molecule has 0 amide bonds. The molecule has 6 aromatic carbocycles. The molecule has 0 spiro atoms. The van der Waals surface area contributed by atoms with E-state index < -0.39 is 5.41 Å². The molecule has 0 atom stereocenters. The predicted octanol–water partition coefficient (Wildman–Crippen LogP) is 11.2. The number of imidazole rings is 1. The third-order valence-electron chi connectivity index (χ3n) is 10.4. The Morgan fingerprint density at radius 3 is 1.88 bits per heavy atom. The van der Waals surface area contributed by atoms with Gasteiger partial charge in [-0.2, -0.15) is 0 Å². The summed E-state index contributed by atoms with van der Waals surface area (Å²) in [4.78, 5) is 9.47. The van der Waals surface area contributed by atoms with E-state index >= 15 is 0 Å². The van der Waals surface area contributed by atoms with Crippen molar-refractivity contribution in [2.45, 2.75) is 5.41 Å². The number of aromatic nitrogens is 3. The summed E-state index contributed by atoms with van der Waals surface area (Å²) in [7, 11) is 0. The number of hydrogen-bond donors (Lipinski definition) is 0. The Bertz CT molecular complexity index is 2640. The van der Waals surface area contributed by atoms with E-state index in [-0.39, 0.29) is 0 Å². The second kappa shape index (κ2) is 11.3. The standard InChI is InChI=1S/C47H31N3/c1-3-13-37(14-4-1)47(38-15-5-2-6-16-38)42-18-8-7-17-39(42)40-25-24-34(29-43(40)47)36-28-41(46-44(30-36)50-27-10-9-19-45(50)49-46)33-22-20-32(21-23-33)35-12-11-26-48-31-35/h1-31H. The van der Waals surface area contributed by atoms with Gasteiger partial charge in [0, 0.05) is 24.2 Å². The minimum atomic E-state index is -0.456. The van der Waals surface area contributed by atoms with Crippen LogP contribution in [-0.4, -0.2) is 14.4 Å². The number of hydrogen-bond acceptors (Lipinski definition) is 2. The molecule has 10 rings (SSSR count). The summed E-state index contributed by atoms with van der Waals surface area (Å²) in [6.45, 7) is 0. The van der Waals surface area contributed by atoms with Gasteiger partial charge in [-0.3, -0.25) is 9.38 Å². The summed E-state index contributed by atoms with van der Waals surface area (Å²) in [6.07, 6.45) is 5.83. The van der Waals surface area contributed by atoms with E-state index in [0.29, 0.717) is 0 Å². The molecule has 0 bridgehead atoms. The lowest BCUT2D eigenvalue weighted by atomic mass is 9.67. The third kappa shape index (κ3) is 4.23. The van der Waals surface area contributed by atoms with Crippen molar-refractivity contribution in [2.75, 3.05) is 0 Å². The Morgan fingerprint density at radius 2 is 1.12 bits per heavy atom. The SMILES string of the molecule is c1ccc(C2(c3ccccc3)c3ccccc3-c3ccc(-c4cc(-c5ccc(-c6cccnc6)cc5)c5nc6ccccn6c5c4)cc32)cc1.